The van der Waals surface area contributed by atoms with E-state index in [0.717, 1.165) is 17.2 Å². The average Bonchev–Trinajstić information content (AvgIpc) is 3.10. The minimum atomic E-state index is -4.08. The Labute approximate surface area is 191 Å². The van der Waals surface area contributed by atoms with Crippen molar-refractivity contribution in [2.24, 2.45) is 0 Å². The molecular weight excluding hydrogens is 443 g/mol. The molecule has 33 heavy (non-hydrogen) atoms. The van der Waals surface area contributed by atoms with Crippen LogP contribution in [-0.4, -0.2) is 24.2 Å². The highest BCUT2D eigenvalue weighted by atomic mass is 32.2. The number of hydrogen-bond acceptors (Lipinski definition) is 5. The highest BCUT2D eigenvalue weighted by Gasteiger charge is 2.32. The predicted molar refractivity (Wildman–Crippen MR) is 121 cm³/mol. The number of carbonyl (C=O) groups excluding carboxylic acids is 1. The molecule has 0 saturated carbocycles. The van der Waals surface area contributed by atoms with Gasteiger partial charge in [-0.05, 0) is 62.7 Å². The van der Waals surface area contributed by atoms with Gasteiger partial charge in [0.15, 0.2) is 4.90 Å². The minimum absolute atomic E-state index is 0.0383. The van der Waals surface area contributed by atoms with Crippen molar-refractivity contribution in [2.75, 3.05) is 0 Å². The molecule has 8 heteroatoms. The van der Waals surface area contributed by atoms with E-state index >= 15 is 0 Å². The second kappa shape index (κ2) is 8.63. The van der Waals surface area contributed by atoms with Gasteiger partial charge in [0.1, 0.15) is 5.82 Å². The van der Waals surface area contributed by atoms with Crippen molar-refractivity contribution in [3.63, 3.8) is 0 Å². The van der Waals surface area contributed by atoms with Crippen molar-refractivity contribution in [3.05, 3.63) is 101 Å². The third-order valence-electron chi connectivity index (χ3n) is 5.12. The van der Waals surface area contributed by atoms with Crippen LogP contribution in [0.2, 0.25) is 0 Å². The molecule has 0 radical (unpaired) electrons. The van der Waals surface area contributed by atoms with E-state index in [1.807, 2.05) is 26.0 Å². The Kier molecular flexibility index (Phi) is 5.86. The number of sulfone groups is 1. The number of ether oxygens (including phenoxy) is 1. The molecule has 168 valence electrons. The van der Waals surface area contributed by atoms with Crippen molar-refractivity contribution in [1.82, 2.24) is 9.78 Å². The van der Waals surface area contributed by atoms with Crippen LogP contribution in [0.5, 0.6) is 5.88 Å². The Morgan fingerprint density at radius 2 is 1.67 bits per heavy atom. The van der Waals surface area contributed by atoms with Crippen LogP contribution >= 0.6 is 0 Å². The molecule has 0 amide bonds. The van der Waals surface area contributed by atoms with Gasteiger partial charge in [-0.15, -0.1) is 0 Å². The van der Waals surface area contributed by atoms with Gasteiger partial charge in [-0.1, -0.05) is 42.0 Å². The fourth-order valence-electron chi connectivity index (χ4n) is 3.58. The smallest absolute Gasteiger partial charge is 0.345 e. The summed E-state index contributed by atoms with van der Waals surface area (Å²) < 4.78 is 47.6. The average molecular weight is 465 g/mol. The Morgan fingerprint density at radius 1 is 0.939 bits per heavy atom. The van der Waals surface area contributed by atoms with Gasteiger partial charge in [-0.2, -0.15) is 9.78 Å². The molecule has 0 spiro atoms. The van der Waals surface area contributed by atoms with Crippen molar-refractivity contribution in [1.29, 1.82) is 0 Å². The fraction of sp³-hybridized carbons (Fsp3) is 0.120. The van der Waals surface area contributed by atoms with Crippen LogP contribution in [0.1, 0.15) is 27.2 Å². The summed E-state index contributed by atoms with van der Waals surface area (Å²) in [4.78, 5) is 12.7. The first-order chi connectivity index (χ1) is 15.7. The first kappa shape index (κ1) is 22.4. The van der Waals surface area contributed by atoms with Crippen LogP contribution in [0.25, 0.3) is 5.69 Å². The SMILES string of the molecule is Cc1ccc(-n2nc(C)c(S(=O)(=O)c3ccccc3)c2OC(=O)c2cccc(F)c2)c(C)c1. The molecule has 0 fully saturated rings. The van der Waals surface area contributed by atoms with Crippen molar-refractivity contribution in [3.8, 4) is 11.6 Å². The Balaban J connectivity index is 1.94. The molecule has 0 atom stereocenters. The van der Waals surface area contributed by atoms with Gasteiger partial charge in [0.2, 0.25) is 15.7 Å². The Bertz CT molecular complexity index is 1460. The van der Waals surface area contributed by atoms with Crippen molar-refractivity contribution < 1.29 is 22.3 Å². The third-order valence-corrected chi connectivity index (χ3v) is 7.02. The minimum Gasteiger partial charge on any atom is -0.402 e. The van der Waals surface area contributed by atoms with E-state index in [9.17, 15) is 17.6 Å². The second-order valence-electron chi connectivity index (χ2n) is 7.64. The van der Waals surface area contributed by atoms with Crippen LogP contribution in [0.15, 0.2) is 82.6 Å². The number of hydrogen-bond donors (Lipinski definition) is 0. The number of nitrogens with zero attached hydrogens (tertiary/aromatic N) is 2. The van der Waals surface area contributed by atoms with E-state index in [-0.39, 0.29) is 26.9 Å². The lowest BCUT2D eigenvalue weighted by atomic mass is 10.1. The van der Waals surface area contributed by atoms with E-state index < -0.39 is 21.6 Å². The molecule has 6 nitrogen and oxygen atoms in total. The number of rotatable bonds is 5. The van der Waals surface area contributed by atoms with Crippen molar-refractivity contribution >= 4 is 15.8 Å². The first-order valence-corrected chi connectivity index (χ1v) is 11.6. The number of carbonyl (C=O) groups is 1. The summed E-state index contributed by atoms with van der Waals surface area (Å²) in [7, 11) is -4.08. The fourth-order valence-corrected chi connectivity index (χ4v) is 5.12. The highest BCUT2D eigenvalue weighted by Crippen LogP contribution is 2.35. The molecular formula is C25H21FN2O4S. The Hall–Kier alpha value is -3.78. The number of halogens is 1. The van der Waals surface area contributed by atoms with Gasteiger partial charge >= 0.3 is 5.97 Å². The number of aromatic nitrogens is 2. The monoisotopic (exact) mass is 464 g/mol. The Morgan fingerprint density at radius 3 is 2.33 bits per heavy atom. The van der Waals surface area contributed by atoms with Gasteiger partial charge < -0.3 is 4.74 Å². The van der Waals surface area contributed by atoms with E-state index in [4.69, 9.17) is 4.74 Å². The molecule has 1 heterocycles. The largest absolute Gasteiger partial charge is 0.402 e. The van der Waals surface area contributed by atoms with E-state index in [1.54, 1.807) is 24.3 Å². The maximum absolute atomic E-state index is 13.7. The molecule has 3 aromatic carbocycles. The summed E-state index contributed by atoms with van der Waals surface area (Å²) in [5.74, 6) is -1.76. The first-order valence-electron chi connectivity index (χ1n) is 10.1. The quantitative estimate of drug-likeness (QED) is 0.389. The van der Waals surface area contributed by atoms with Gasteiger partial charge in [-0.3, -0.25) is 0 Å². The number of aryl methyl sites for hydroxylation is 3. The normalized spacial score (nSPS) is 11.4. The molecule has 0 N–H and O–H groups in total. The second-order valence-corrected chi connectivity index (χ2v) is 9.52. The molecule has 0 unspecified atom stereocenters. The zero-order chi connectivity index (χ0) is 23.8. The maximum Gasteiger partial charge on any atom is 0.345 e. The summed E-state index contributed by atoms with van der Waals surface area (Å²) in [5, 5.41) is 4.41. The van der Waals surface area contributed by atoms with Crippen LogP contribution in [0, 0.1) is 26.6 Å². The standard InChI is InChI=1S/C25H21FN2O4S/c1-16-12-13-22(17(2)14-16)28-24(32-25(29)19-8-7-9-20(26)15-19)23(18(3)27-28)33(30,31)21-10-5-4-6-11-21/h4-15H,1-3H3. The molecule has 0 aliphatic carbocycles. The van der Waals surface area contributed by atoms with Crippen LogP contribution in [-0.2, 0) is 9.84 Å². The van der Waals surface area contributed by atoms with Gasteiger partial charge in [0, 0.05) is 0 Å². The molecule has 0 bridgehead atoms. The number of esters is 1. The summed E-state index contributed by atoms with van der Waals surface area (Å²) in [5.41, 5.74) is 2.49. The van der Waals surface area contributed by atoms with Crippen molar-refractivity contribution in [2.45, 2.75) is 30.6 Å². The van der Waals surface area contributed by atoms with Gasteiger partial charge in [-0.25, -0.2) is 17.6 Å². The summed E-state index contributed by atoms with van der Waals surface area (Å²) in [6.07, 6.45) is 0. The molecule has 0 saturated heterocycles. The van der Waals surface area contributed by atoms with E-state index in [2.05, 4.69) is 5.10 Å². The molecule has 4 aromatic rings. The summed E-state index contributed by atoms with van der Waals surface area (Å²) in [6.45, 7) is 5.32. The van der Waals surface area contributed by atoms with E-state index in [1.165, 1.54) is 41.9 Å². The van der Waals surface area contributed by atoms with Crippen LogP contribution < -0.4 is 4.74 Å². The lowest BCUT2D eigenvalue weighted by Crippen LogP contribution is -2.15. The third kappa shape index (κ3) is 4.29. The number of benzene rings is 3. The lowest BCUT2D eigenvalue weighted by molar-refractivity contribution is 0.0717. The highest BCUT2D eigenvalue weighted by molar-refractivity contribution is 7.91. The van der Waals surface area contributed by atoms with Gasteiger partial charge in [0.05, 0.1) is 21.8 Å². The molecule has 0 aliphatic heterocycles. The molecule has 0 aliphatic rings. The van der Waals surface area contributed by atoms with Gasteiger partial charge in [0.25, 0.3) is 0 Å². The topological polar surface area (TPSA) is 78.3 Å². The summed E-state index contributed by atoms with van der Waals surface area (Å²) in [6, 6.07) is 18.4. The van der Waals surface area contributed by atoms with Crippen LogP contribution in [0.4, 0.5) is 4.39 Å². The predicted octanol–water partition coefficient (Wildman–Crippen LogP) is 4.99. The zero-order valence-electron chi connectivity index (χ0n) is 18.2. The molecule has 4 rings (SSSR count). The lowest BCUT2D eigenvalue weighted by Gasteiger charge is -2.13. The summed E-state index contributed by atoms with van der Waals surface area (Å²) >= 11 is 0. The zero-order valence-corrected chi connectivity index (χ0v) is 19.1. The van der Waals surface area contributed by atoms with E-state index in [0.29, 0.717) is 5.69 Å². The maximum atomic E-state index is 13.7. The molecule has 1 aromatic heterocycles. The van der Waals surface area contributed by atoms with Crippen LogP contribution in [0.3, 0.4) is 0 Å².